The molecule has 0 spiro atoms. The van der Waals surface area contributed by atoms with Crippen LogP contribution in [0.5, 0.6) is 0 Å². The Labute approximate surface area is 119 Å². The van der Waals surface area contributed by atoms with E-state index in [2.05, 4.69) is 42.8 Å². The number of aliphatic imine (C=N–C) groups is 1. The van der Waals surface area contributed by atoms with Gasteiger partial charge in [0, 0.05) is 17.2 Å². The highest BCUT2D eigenvalue weighted by Crippen LogP contribution is 2.30. The van der Waals surface area contributed by atoms with E-state index < -0.39 is 0 Å². The van der Waals surface area contributed by atoms with Gasteiger partial charge in [0.25, 0.3) is 0 Å². The molecule has 1 aliphatic rings. The molecule has 2 aromatic rings. The quantitative estimate of drug-likeness (QED) is 0.778. The number of hydrogen-bond acceptors (Lipinski definition) is 2. The maximum absolute atomic E-state index is 4.53. The average Bonchev–Trinajstić information content (AvgIpc) is 2.89. The molecule has 0 saturated carbocycles. The molecule has 0 amide bonds. The Kier molecular flexibility index (Phi) is 2.99. The fourth-order valence-electron chi connectivity index (χ4n) is 2.37. The standard InChI is InChI=1S/C17H18N3/c1-4-20(3)11-17(19-12-20)13(2)14-9-10-18-16-8-6-5-7-15(14)16/h5-12H,2,4H2,1,3H3/q+1. The number of para-hydroxylation sites is 1. The number of benzene rings is 1. The molecule has 3 rings (SSSR count). The van der Waals surface area contributed by atoms with Gasteiger partial charge in [-0.3, -0.25) is 9.47 Å². The van der Waals surface area contributed by atoms with E-state index >= 15 is 0 Å². The monoisotopic (exact) mass is 264 g/mol. The largest absolute Gasteiger partial charge is 0.256 e. The van der Waals surface area contributed by atoms with E-state index in [1.54, 1.807) is 0 Å². The van der Waals surface area contributed by atoms with Crippen LogP contribution in [0.1, 0.15) is 12.5 Å². The summed E-state index contributed by atoms with van der Waals surface area (Å²) in [6, 6.07) is 10.1. The number of nitrogens with zero attached hydrogens (tertiary/aromatic N) is 3. The van der Waals surface area contributed by atoms with Crippen LogP contribution in [0.25, 0.3) is 16.5 Å². The fourth-order valence-corrected chi connectivity index (χ4v) is 2.37. The summed E-state index contributed by atoms with van der Waals surface area (Å²) in [5.74, 6) is 0. The van der Waals surface area contributed by atoms with Crippen LogP contribution in [-0.2, 0) is 0 Å². The smallest absolute Gasteiger partial charge is 0.195 e. The van der Waals surface area contributed by atoms with E-state index in [0.29, 0.717) is 0 Å². The second kappa shape index (κ2) is 4.69. The van der Waals surface area contributed by atoms with Crippen LogP contribution in [0, 0.1) is 0 Å². The number of fused-ring (bicyclic) bond motifs is 1. The molecule has 0 aliphatic carbocycles. The second-order valence-corrected chi connectivity index (χ2v) is 5.28. The number of aromatic nitrogens is 1. The molecular formula is C17H18N3+. The van der Waals surface area contributed by atoms with Crippen molar-refractivity contribution in [3.63, 3.8) is 0 Å². The van der Waals surface area contributed by atoms with E-state index in [-0.39, 0.29) is 0 Å². The van der Waals surface area contributed by atoms with Crippen LogP contribution >= 0.6 is 0 Å². The molecule has 1 aromatic carbocycles. The van der Waals surface area contributed by atoms with Crippen molar-refractivity contribution in [1.29, 1.82) is 0 Å². The third-order valence-electron chi connectivity index (χ3n) is 3.84. The van der Waals surface area contributed by atoms with Crippen LogP contribution in [0.15, 0.2) is 60.0 Å². The molecule has 0 N–H and O–H groups in total. The summed E-state index contributed by atoms with van der Waals surface area (Å²) < 4.78 is 0.720. The van der Waals surface area contributed by atoms with E-state index in [1.807, 2.05) is 36.8 Å². The minimum absolute atomic E-state index is 0.720. The lowest BCUT2D eigenvalue weighted by Gasteiger charge is -2.18. The predicted molar refractivity (Wildman–Crippen MR) is 84.1 cm³/mol. The van der Waals surface area contributed by atoms with Gasteiger partial charge in [0.05, 0.1) is 19.1 Å². The Morgan fingerprint density at radius 3 is 2.80 bits per heavy atom. The molecule has 0 fully saturated rings. The lowest BCUT2D eigenvalue weighted by molar-refractivity contribution is -0.754. The first-order valence-electron chi connectivity index (χ1n) is 6.79. The van der Waals surface area contributed by atoms with Gasteiger partial charge in [0.2, 0.25) is 0 Å². The Balaban J connectivity index is 2.07. The van der Waals surface area contributed by atoms with Gasteiger partial charge in [0.15, 0.2) is 6.34 Å². The fraction of sp³-hybridized carbons (Fsp3) is 0.176. The topological polar surface area (TPSA) is 25.2 Å². The first kappa shape index (κ1) is 12.8. The summed E-state index contributed by atoms with van der Waals surface area (Å²) in [6.07, 6.45) is 5.94. The van der Waals surface area contributed by atoms with Crippen LogP contribution in [0.2, 0.25) is 0 Å². The summed E-state index contributed by atoms with van der Waals surface area (Å²) >= 11 is 0. The molecule has 1 aromatic heterocycles. The molecule has 3 nitrogen and oxygen atoms in total. The molecule has 0 saturated heterocycles. The Morgan fingerprint density at radius 2 is 2.05 bits per heavy atom. The van der Waals surface area contributed by atoms with Crippen molar-refractivity contribution in [2.45, 2.75) is 6.92 Å². The number of quaternary nitrogens is 1. The van der Waals surface area contributed by atoms with Crippen molar-refractivity contribution in [3.05, 3.63) is 60.6 Å². The van der Waals surface area contributed by atoms with Gasteiger partial charge in [-0.15, -0.1) is 0 Å². The van der Waals surface area contributed by atoms with Gasteiger partial charge in [-0.05, 0) is 24.6 Å². The Bertz CT molecular complexity index is 737. The van der Waals surface area contributed by atoms with Gasteiger partial charge in [-0.2, -0.15) is 4.99 Å². The van der Waals surface area contributed by atoms with Gasteiger partial charge in [-0.25, -0.2) is 0 Å². The molecule has 1 unspecified atom stereocenters. The molecule has 0 bridgehead atoms. The molecule has 1 aliphatic heterocycles. The lowest BCUT2D eigenvalue weighted by Crippen LogP contribution is -2.34. The highest BCUT2D eigenvalue weighted by molar-refractivity contribution is 5.95. The van der Waals surface area contributed by atoms with E-state index in [0.717, 1.165) is 38.8 Å². The van der Waals surface area contributed by atoms with Crippen molar-refractivity contribution in [3.8, 4) is 0 Å². The molecule has 2 heterocycles. The van der Waals surface area contributed by atoms with Crippen molar-refractivity contribution < 1.29 is 4.48 Å². The zero-order valence-corrected chi connectivity index (χ0v) is 11.9. The molecular weight excluding hydrogens is 246 g/mol. The molecule has 0 radical (unpaired) electrons. The molecule has 20 heavy (non-hydrogen) atoms. The van der Waals surface area contributed by atoms with Crippen LogP contribution < -0.4 is 0 Å². The van der Waals surface area contributed by atoms with Gasteiger partial charge in [0.1, 0.15) is 11.9 Å². The van der Waals surface area contributed by atoms with Gasteiger partial charge < -0.3 is 0 Å². The zero-order valence-electron chi connectivity index (χ0n) is 11.9. The maximum Gasteiger partial charge on any atom is 0.195 e. The number of hydrogen-bond donors (Lipinski definition) is 0. The van der Waals surface area contributed by atoms with E-state index in [1.165, 1.54) is 0 Å². The Morgan fingerprint density at radius 1 is 1.25 bits per heavy atom. The van der Waals surface area contributed by atoms with Crippen LogP contribution in [-0.4, -0.2) is 29.4 Å². The maximum atomic E-state index is 4.53. The minimum atomic E-state index is 0.720. The van der Waals surface area contributed by atoms with Crippen molar-refractivity contribution >= 4 is 22.8 Å². The van der Waals surface area contributed by atoms with Crippen molar-refractivity contribution in [2.24, 2.45) is 4.99 Å². The van der Waals surface area contributed by atoms with Crippen LogP contribution in [0.4, 0.5) is 0 Å². The zero-order chi connectivity index (χ0) is 14.2. The number of rotatable bonds is 3. The normalized spacial score (nSPS) is 21.2. The van der Waals surface area contributed by atoms with E-state index in [4.69, 9.17) is 0 Å². The number of allylic oxidation sites excluding steroid dienone is 1. The highest BCUT2D eigenvalue weighted by atomic mass is 15.4. The van der Waals surface area contributed by atoms with Gasteiger partial charge in [-0.1, -0.05) is 24.8 Å². The highest BCUT2D eigenvalue weighted by Gasteiger charge is 2.24. The SMILES string of the molecule is C=C(C1=C[N+](C)(CC)C=N1)c1ccnc2ccccc12. The second-order valence-electron chi connectivity index (χ2n) is 5.28. The first-order valence-corrected chi connectivity index (χ1v) is 6.79. The summed E-state index contributed by atoms with van der Waals surface area (Å²) in [5.41, 5.74) is 3.99. The summed E-state index contributed by atoms with van der Waals surface area (Å²) in [6.45, 7) is 7.37. The van der Waals surface area contributed by atoms with Gasteiger partial charge >= 0.3 is 0 Å². The molecule has 1 atom stereocenters. The lowest BCUT2D eigenvalue weighted by atomic mass is 10.0. The predicted octanol–water partition coefficient (Wildman–Crippen LogP) is 3.60. The average molecular weight is 264 g/mol. The van der Waals surface area contributed by atoms with Crippen LogP contribution in [0.3, 0.4) is 0 Å². The van der Waals surface area contributed by atoms with E-state index in [9.17, 15) is 0 Å². The summed E-state index contributed by atoms with van der Waals surface area (Å²) in [7, 11) is 2.13. The Hall–Kier alpha value is -2.26. The molecule has 3 heteroatoms. The minimum Gasteiger partial charge on any atom is -0.256 e. The summed E-state index contributed by atoms with van der Waals surface area (Å²) in [5, 5.41) is 1.12. The van der Waals surface area contributed by atoms with Crippen molar-refractivity contribution in [1.82, 2.24) is 4.98 Å². The number of pyridine rings is 1. The summed E-state index contributed by atoms with van der Waals surface area (Å²) in [4.78, 5) is 8.92. The third kappa shape index (κ3) is 2.06. The third-order valence-corrected chi connectivity index (χ3v) is 3.84. The molecule has 100 valence electrons. The van der Waals surface area contributed by atoms with Crippen molar-refractivity contribution in [2.75, 3.05) is 13.6 Å². The first-order chi connectivity index (χ1) is 9.63.